The molecule has 0 aromatic carbocycles. The van der Waals surface area contributed by atoms with E-state index in [1.165, 1.54) is 6.08 Å². The predicted molar refractivity (Wildman–Crippen MR) is 143 cm³/mol. The van der Waals surface area contributed by atoms with Crippen LogP contribution < -0.4 is 20.3 Å². The highest BCUT2D eigenvalue weighted by Crippen LogP contribution is 2.34. The van der Waals surface area contributed by atoms with Crippen molar-refractivity contribution < 1.29 is 9.53 Å². The van der Waals surface area contributed by atoms with Crippen LogP contribution in [0.25, 0.3) is 16.9 Å². The number of rotatable bonds is 10. The number of amides is 1. The van der Waals surface area contributed by atoms with Gasteiger partial charge in [-0.05, 0) is 56.6 Å². The molecule has 4 heterocycles. The molecule has 4 rings (SSSR count). The first-order valence-electron chi connectivity index (χ1n) is 11.4. The number of likely N-dealkylation sites (N-methyl/N-ethyl adjacent to an activating group) is 2. The van der Waals surface area contributed by atoms with Crippen molar-refractivity contribution in [2.24, 2.45) is 0 Å². The fraction of sp³-hybridized carbons (Fsp3) is 0.231. The lowest BCUT2D eigenvalue weighted by Crippen LogP contribution is -2.30. The Labute approximate surface area is 210 Å². The molecule has 36 heavy (non-hydrogen) atoms. The van der Waals surface area contributed by atoms with Crippen LogP contribution in [0, 0.1) is 0 Å². The van der Waals surface area contributed by atoms with Crippen LogP contribution in [-0.2, 0) is 4.79 Å². The number of anilines is 4. The zero-order valence-corrected chi connectivity index (χ0v) is 20.9. The van der Waals surface area contributed by atoms with E-state index in [1.54, 1.807) is 19.4 Å². The highest BCUT2D eigenvalue weighted by atomic mass is 16.5. The van der Waals surface area contributed by atoms with Gasteiger partial charge in [0.1, 0.15) is 5.69 Å². The topological polar surface area (TPSA) is 99.9 Å². The zero-order chi connectivity index (χ0) is 25.7. The Hall–Kier alpha value is -4.44. The van der Waals surface area contributed by atoms with E-state index in [0.29, 0.717) is 35.6 Å². The number of pyridine rings is 2. The molecular weight excluding hydrogens is 456 g/mol. The molecule has 10 heteroatoms. The molecule has 0 bridgehead atoms. The van der Waals surface area contributed by atoms with E-state index in [9.17, 15) is 4.79 Å². The molecule has 0 aliphatic carbocycles. The molecule has 4 aromatic heterocycles. The second-order valence-electron chi connectivity index (χ2n) is 8.44. The molecule has 0 aliphatic rings. The van der Waals surface area contributed by atoms with Crippen LogP contribution in [0.5, 0.6) is 5.88 Å². The van der Waals surface area contributed by atoms with Gasteiger partial charge in [0.25, 0.3) is 0 Å². The summed E-state index contributed by atoms with van der Waals surface area (Å²) < 4.78 is 7.64. The molecule has 4 aromatic rings. The predicted octanol–water partition coefficient (Wildman–Crippen LogP) is 3.67. The van der Waals surface area contributed by atoms with Crippen LogP contribution in [0.15, 0.2) is 67.5 Å². The van der Waals surface area contributed by atoms with Gasteiger partial charge in [0.05, 0.1) is 24.2 Å². The first-order valence-corrected chi connectivity index (χ1v) is 11.4. The molecular formula is C26H30N8O2. The highest BCUT2D eigenvalue weighted by molar-refractivity contribution is 6.01. The number of hydrogen-bond acceptors (Lipinski definition) is 8. The van der Waals surface area contributed by atoms with E-state index in [4.69, 9.17) is 9.72 Å². The lowest BCUT2D eigenvalue weighted by Gasteiger charge is -2.24. The summed E-state index contributed by atoms with van der Waals surface area (Å²) in [5.41, 5.74) is 3.80. The summed E-state index contributed by atoms with van der Waals surface area (Å²) in [4.78, 5) is 30.0. The van der Waals surface area contributed by atoms with E-state index in [1.807, 2.05) is 68.6 Å². The van der Waals surface area contributed by atoms with Crippen LogP contribution >= 0.6 is 0 Å². The monoisotopic (exact) mass is 486 g/mol. The Morgan fingerprint density at radius 2 is 1.94 bits per heavy atom. The maximum absolute atomic E-state index is 12.2. The molecule has 0 atom stereocenters. The van der Waals surface area contributed by atoms with E-state index in [2.05, 4.69) is 36.5 Å². The van der Waals surface area contributed by atoms with Gasteiger partial charge < -0.3 is 29.6 Å². The van der Waals surface area contributed by atoms with Crippen LogP contribution in [0.1, 0.15) is 0 Å². The van der Waals surface area contributed by atoms with Gasteiger partial charge in [-0.3, -0.25) is 4.79 Å². The Morgan fingerprint density at radius 1 is 1.11 bits per heavy atom. The van der Waals surface area contributed by atoms with Crippen molar-refractivity contribution in [1.29, 1.82) is 0 Å². The minimum atomic E-state index is -0.339. The zero-order valence-electron chi connectivity index (χ0n) is 20.9. The van der Waals surface area contributed by atoms with Gasteiger partial charge in [0.2, 0.25) is 17.7 Å². The molecule has 186 valence electrons. The van der Waals surface area contributed by atoms with Crippen molar-refractivity contribution in [1.82, 2.24) is 24.3 Å². The van der Waals surface area contributed by atoms with Gasteiger partial charge in [0.15, 0.2) is 5.82 Å². The number of aromatic nitrogens is 4. The second kappa shape index (κ2) is 10.9. The largest absolute Gasteiger partial charge is 0.479 e. The number of carbonyl (C=O) groups excluding carboxylic acids is 1. The molecule has 0 aliphatic heterocycles. The van der Waals surface area contributed by atoms with E-state index in [0.717, 1.165) is 23.4 Å². The van der Waals surface area contributed by atoms with Crippen molar-refractivity contribution in [3.63, 3.8) is 0 Å². The van der Waals surface area contributed by atoms with Gasteiger partial charge in [-0.2, -0.15) is 4.98 Å². The molecule has 1 amide bonds. The fourth-order valence-electron chi connectivity index (χ4n) is 3.70. The third kappa shape index (κ3) is 5.44. The van der Waals surface area contributed by atoms with Gasteiger partial charge in [-0.15, -0.1) is 0 Å². The third-order valence-electron chi connectivity index (χ3n) is 5.58. The molecule has 0 saturated carbocycles. The normalized spacial score (nSPS) is 10.9. The van der Waals surface area contributed by atoms with E-state index < -0.39 is 0 Å². The second-order valence-corrected chi connectivity index (χ2v) is 8.44. The number of methoxy groups -OCH3 is 1. The summed E-state index contributed by atoms with van der Waals surface area (Å²) in [6, 6.07) is 13.7. The van der Waals surface area contributed by atoms with Crippen LogP contribution in [0.4, 0.5) is 23.1 Å². The van der Waals surface area contributed by atoms with Crippen LogP contribution in [0.2, 0.25) is 0 Å². The Balaban J connectivity index is 1.69. The van der Waals surface area contributed by atoms with Crippen LogP contribution in [-0.4, -0.2) is 71.5 Å². The lowest BCUT2D eigenvalue weighted by molar-refractivity contribution is -0.111. The molecule has 0 spiro atoms. The summed E-state index contributed by atoms with van der Waals surface area (Å²) in [6.07, 6.45) is 4.90. The Morgan fingerprint density at radius 3 is 2.69 bits per heavy atom. The van der Waals surface area contributed by atoms with Gasteiger partial charge in [0, 0.05) is 38.0 Å². The summed E-state index contributed by atoms with van der Waals surface area (Å²) in [5.74, 6) is 0.950. The van der Waals surface area contributed by atoms with Crippen molar-refractivity contribution in [3.8, 4) is 17.3 Å². The van der Waals surface area contributed by atoms with Gasteiger partial charge in [-0.1, -0.05) is 12.6 Å². The first-order chi connectivity index (χ1) is 17.4. The molecule has 0 unspecified atom stereocenters. The van der Waals surface area contributed by atoms with Crippen molar-refractivity contribution >= 4 is 34.6 Å². The Bertz CT molecular complexity index is 1380. The highest BCUT2D eigenvalue weighted by Gasteiger charge is 2.18. The summed E-state index contributed by atoms with van der Waals surface area (Å²) >= 11 is 0. The van der Waals surface area contributed by atoms with Gasteiger partial charge in [-0.25, -0.2) is 9.97 Å². The number of nitrogens with zero attached hydrogens (tertiary/aromatic N) is 6. The third-order valence-corrected chi connectivity index (χ3v) is 5.58. The average Bonchev–Trinajstić information content (AvgIpc) is 3.32. The van der Waals surface area contributed by atoms with E-state index >= 15 is 0 Å². The van der Waals surface area contributed by atoms with Crippen molar-refractivity contribution in [3.05, 3.63) is 67.5 Å². The van der Waals surface area contributed by atoms with E-state index in [-0.39, 0.29) is 5.91 Å². The quantitative estimate of drug-likeness (QED) is 0.328. The average molecular weight is 487 g/mol. The minimum absolute atomic E-state index is 0.339. The fourth-order valence-corrected chi connectivity index (χ4v) is 3.70. The molecule has 0 radical (unpaired) electrons. The number of ether oxygens (including phenoxy) is 1. The van der Waals surface area contributed by atoms with Crippen molar-refractivity contribution in [2.45, 2.75) is 0 Å². The number of carbonyl (C=O) groups is 1. The summed E-state index contributed by atoms with van der Waals surface area (Å²) in [7, 11) is 7.46. The molecule has 0 saturated heterocycles. The SMILES string of the molecule is C=CC(=O)Nc1cc(Nc2nccc(-c3ccc4ccccn34)n2)c(OC)nc1N(C)CCN(C)C. The Kier molecular flexibility index (Phi) is 7.45. The molecule has 0 fully saturated rings. The maximum Gasteiger partial charge on any atom is 0.247 e. The summed E-state index contributed by atoms with van der Waals surface area (Å²) in [5, 5.41) is 6.04. The standard InChI is InChI=1S/C26H30N8O2/c1-6-23(35)28-20-17-21(25(36-5)31-24(20)33(4)16-15-32(2)3)30-26-27-13-12-19(29-26)22-11-10-18-9-7-8-14-34(18)22/h6-14,17H,1,15-16H2,2-5H3,(H,28,35)(H,27,29,30). The maximum atomic E-state index is 12.2. The van der Waals surface area contributed by atoms with Gasteiger partial charge >= 0.3 is 0 Å². The smallest absolute Gasteiger partial charge is 0.247 e. The number of hydrogen-bond donors (Lipinski definition) is 2. The van der Waals surface area contributed by atoms with Crippen LogP contribution in [0.3, 0.4) is 0 Å². The number of fused-ring (bicyclic) bond motifs is 1. The molecule has 10 nitrogen and oxygen atoms in total. The lowest BCUT2D eigenvalue weighted by atomic mass is 10.3. The molecule has 2 N–H and O–H groups in total. The minimum Gasteiger partial charge on any atom is -0.479 e. The summed E-state index contributed by atoms with van der Waals surface area (Å²) in [6.45, 7) is 5.06. The van der Waals surface area contributed by atoms with Crippen molar-refractivity contribution in [2.75, 3.05) is 56.9 Å². The number of nitrogens with one attached hydrogen (secondary N) is 2. The first kappa shape index (κ1) is 24.7.